The van der Waals surface area contributed by atoms with Gasteiger partial charge in [0.25, 0.3) is 5.19 Å². The molecule has 1 fully saturated rings. The zero-order valence-corrected chi connectivity index (χ0v) is 19.3. The average Bonchev–Trinajstić information content (AvgIpc) is 3.28. The number of piperazine rings is 1. The molecule has 0 atom stereocenters. The van der Waals surface area contributed by atoms with Crippen molar-refractivity contribution in [3.05, 3.63) is 66.9 Å². The minimum Gasteiger partial charge on any atom is -0.495 e. The summed E-state index contributed by atoms with van der Waals surface area (Å²) in [7, 11) is 1.73. The average molecular weight is 463 g/mol. The van der Waals surface area contributed by atoms with Gasteiger partial charge in [-0.25, -0.2) is 4.98 Å². The Morgan fingerprint density at radius 3 is 2.48 bits per heavy atom. The van der Waals surface area contributed by atoms with Crippen LogP contribution in [-0.2, 0) is 0 Å². The van der Waals surface area contributed by atoms with Gasteiger partial charge in [-0.1, -0.05) is 23.5 Å². The monoisotopic (exact) mass is 462 g/mol. The Bertz CT molecular complexity index is 1160. The number of thiazole rings is 1. The molecule has 1 saturated heterocycles. The van der Waals surface area contributed by atoms with Crippen LogP contribution in [0.3, 0.4) is 0 Å². The van der Waals surface area contributed by atoms with Gasteiger partial charge in [-0.2, -0.15) is 4.98 Å². The van der Waals surface area contributed by atoms with Crippen molar-refractivity contribution in [1.29, 1.82) is 0 Å². The number of ether oxygens (including phenoxy) is 3. The maximum atomic E-state index is 5.96. The van der Waals surface area contributed by atoms with E-state index in [0.29, 0.717) is 17.4 Å². The number of hydrogen-bond donors (Lipinski definition) is 0. The van der Waals surface area contributed by atoms with Gasteiger partial charge in [-0.3, -0.25) is 4.90 Å². The third kappa shape index (κ3) is 5.18. The number of benzene rings is 2. The fraction of sp³-hybridized carbons (Fsp3) is 0.280. The molecule has 2 aromatic carbocycles. The third-order valence-corrected chi connectivity index (χ3v) is 6.54. The van der Waals surface area contributed by atoms with E-state index in [1.807, 2.05) is 48.5 Å². The van der Waals surface area contributed by atoms with Crippen LogP contribution in [0.15, 0.2) is 66.9 Å². The van der Waals surface area contributed by atoms with E-state index in [2.05, 4.69) is 31.9 Å². The SMILES string of the molecule is COc1ccccc1N1CCN(CCOc2ccc(Oc3nc4ncccc4s3)cc2)CC1. The first-order chi connectivity index (χ1) is 16.3. The van der Waals surface area contributed by atoms with Gasteiger partial charge in [0.05, 0.1) is 17.5 Å². The number of methoxy groups -OCH3 is 1. The van der Waals surface area contributed by atoms with Crippen molar-refractivity contribution in [3.63, 3.8) is 0 Å². The smallest absolute Gasteiger partial charge is 0.281 e. The van der Waals surface area contributed by atoms with E-state index in [0.717, 1.165) is 54.7 Å². The van der Waals surface area contributed by atoms with Crippen LogP contribution < -0.4 is 19.1 Å². The van der Waals surface area contributed by atoms with E-state index in [-0.39, 0.29) is 0 Å². The van der Waals surface area contributed by atoms with Crippen molar-refractivity contribution in [2.24, 2.45) is 0 Å². The number of anilines is 1. The molecule has 0 spiro atoms. The van der Waals surface area contributed by atoms with Crippen LogP contribution in [0.4, 0.5) is 5.69 Å². The van der Waals surface area contributed by atoms with Gasteiger partial charge < -0.3 is 19.1 Å². The second kappa shape index (κ2) is 10.1. The maximum absolute atomic E-state index is 5.96. The summed E-state index contributed by atoms with van der Waals surface area (Å²) in [5.41, 5.74) is 1.88. The van der Waals surface area contributed by atoms with Crippen molar-refractivity contribution in [2.45, 2.75) is 0 Å². The lowest BCUT2D eigenvalue weighted by molar-refractivity contribution is 0.200. The highest BCUT2D eigenvalue weighted by Crippen LogP contribution is 2.31. The Labute approximate surface area is 197 Å². The highest BCUT2D eigenvalue weighted by Gasteiger charge is 2.19. The molecule has 0 radical (unpaired) electrons. The standard InChI is InChI=1S/C25H26N4O3S/c1-30-22-6-3-2-5-21(22)29-15-13-28(14-16-29)17-18-31-19-8-10-20(11-9-19)32-25-27-24-23(33-25)7-4-12-26-24/h2-12H,13-18H2,1H3. The maximum Gasteiger partial charge on any atom is 0.281 e. The Hall–Kier alpha value is -3.36. The molecule has 170 valence electrons. The second-order valence-electron chi connectivity index (χ2n) is 7.73. The van der Waals surface area contributed by atoms with E-state index in [1.54, 1.807) is 13.3 Å². The van der Waals surface area contributed by atoms with Crippen LogP contribution in [0.1, 0.15) is 0 Å². The molecule has 3 heterocycles. The van der Waals surface area contributed by atoms with Crippen LogP contribution in [0.2, 0.25) is 0 Å². The van der Waals surface area contributed by atoms with Gasteiger partial charge in [0.15, 0.2) is 5.65 Å². The predicted molar refractivity (Wildman–Crippen MR) is 131 cm³/mol. The first kappa shape index (κ1) is 21.5. The molecular formula is C25H26N4O3S. The summed E-state index contributed by atoms with van der Waals surface area (Å²) >= 11 is 1.48. The Morgan fingerprint density at radius 1 is 0.909 bits per heavy atom. The van der Waals surface area contributed by atoms with Gasteiger partial charge >= 0.3 is 0 Å². The van der Waals surface area contributed by atoms with Crippen LogP contribution in [0.25, 0.3) is 10.3 Å². The first-order valence-corrected chi connectivity index (χ1v) is 11.8. The molecule has 2 aromatic heterocycles. The second-order valence-corrected chi connectivity index (χ2v) is 8.72. The number of hydrogen-bond acceptors (Lipinski definition) is 8. The van der Waals surface area contributed by atoms with Crippen molar-refractivity contribution in [2.75, 3.05) is 51.3 Å². The zero-order valence-electron chi connectivity index (χ0n) is 18.5. The molecule has 33 heavy (non-hydrogen) atoms. The molecule has 0 bridgehead atoms. The largest absolute Gasteiger partial charge is 0.495 e. The molecule has 5 rings (SSSR count). The van der Waals surface area contributed by atoms with Crippen LogP contribution in [0, 0.1) is 0 Å². The number of para-hydroxylation sites is 2. The van der Waals surface area contributed by atoms with Gasteiger partial charge in [-0.15, -0.1) is 0 Å². The molecule has 0 saturated carbocycles. The van der Waals surface area contributed by atoms with E-state index in [9.17, 15) is 0 Å². The Balaban J connectivity index is 1.07. The van der Waals surface area contributed by atoms with E-state index < -0.39 is 0 Å². The molecule has 4 aromatic rings. The lowest BCUT2D eigenvalue weighted by Crippen LogP contribution is -2.47. The predicted octanol–water partition coefficient (Wildman–Crippen LogP) is 4.69. The molecule has 8 heteroatoms. The van der Waals surface area contributed by atoms with Gasteiger partial charge in [0.2, 0.25) is 0 Å². The topological polar surface area (TPSA) is 60.0 Å². The quantitative estimate of drug-likeness (QED) is 0.376. The highest BCUT2D eigenvalue weighted by molar-refractivity contribution is 7.20. The molecule has 0 aliphatic carbocycles. The number of rotatable bonds is 8. The van der Waals surface area contributed by atoms with Gasteiger partial charge in [0, 0.05) is 38.9 Å². The highest BCUT2D eigenvalue weighted by atomic mass is 32.1. The molecule has 0 amide bonds. The molecule has 1 aliphatic rings. The molecule has 1 aliphatic heterocycles. The lowest BCUT2D eigenvalue weighted by atomic mass is 10.2. The zero-order chi connectivity index (χ0) is 22.5. The van der Waals surface area contributed by atoms with Gasteiger partial charge in [-0.05, 0) is 48.5 Å². The molecule has 0 N–H and O–H groups in total. The minimum atomic E-state index is 0.588. The van der Waals surface area contributed by atoms with E-state index in [4.69, 9.17) is 14.2 Å². The lowest BCUT2D eigenvalue weighted by Gasteiger charge is -2.36. The van der Waals surface area contributed by atoms with Crippen molar-refractivity contribution in [3.8, 4) is 22.4 Å². The minimum absolute atomic E-state index is 0.588. The first-order valence-electron chi connectivity index (χ1n) is 11.0. The normalized spacial score (nSPS) is 14.4. The van der Waals surface area contributed by atoms with Crippen LogP contribution in [0.5, 0.6) is 22.4 Å². The van der Waals surface area contributed by atoms with Crippen molar-refractivity contribution in [1.82, 2.24) is 14.9 Å². The summed E-state index contributed by atoms with van der Waals surface area (Å²) in [4.78, 5) is 13.5. The Morgan fingerprint density at radius 2 is 1.70 bits per heavy atom. The fourth-order valence-corrected chi connectivity index (χ4v) is 4.69. The van der Waals surface area contributed by atoms with Crippen LogP contribution in [-0.4, -0.2) is 61.3 Å². The fourth-order valence-electron chi connectivity index (χ4n) is 3.89. The summed E-state index contributed by atoms with van der Waals surface area (Å²) in [6, 6.07) is 19.8. The summed E-state index contributed by atoms with van der Waals surface area (Å²) in [5, 5.41) is 0.588. The van der Waals surface area contributed by atoms with Crippen molar-refractivity contribution < 1.29 is 14.2 Å². The van der Waals surface area contributed by atoms with Crippen LogP contribution >= 0.6 is 11.3 Å². The Kier molecular flexibility index (Phi) is 6.55. The summed E-state index contributed by atoms with van der Waals surface area (Å²) in [5.74, 6) is 2.50. The van der Waals surface area contributed by atoms with Crippen molar-refractivity contribution >= 4 is 27.4 Å². The van der Waals surface area contributed by atoms with Gasteiger partial charge in [0.1, 0.15) is 23.9 Å². The van der Waals surface area contributed by atoms with E-state index in [1.165, 1.54) is 17.0 Å². The number of pyridine rings is 1. The van der Waals surface area contributed by atoms with E-state index >= 15 is 0 Å². The summed E-state index contributed by atoms with van der Waals surface area (Å²) in [6.07, 6.45) is 1.73. The molecule has 7 nitrogen and oxygen atoms in total. The number of nitrogens with zero attached hydrogens (tertiary/aromatic N) is 4. The third-order valence-electron chi connectivity index (χ3n) is 5.65. The molecule has 0 unspecified atom stereocenters. The summed E-state index contributed by atoms with van der Waals surface area (Å²) < 4.78 is 18.3. The number of fused-ring (bicyclic) bond motifs is 1. The molecular weight excluding hydrogens is 436 g/mol. The number of aromatic nitrogens is 2. The summed E-state index contributed by atoms with van der Waals surface area (Å²) in [6.45, 7) is 5.52.